The van der Waals surface area contributed by atoms with Crippen LogP contribution in [0, 0.1) is 5.92 Å². The number of aliphatic hydroxyl groups is 5. The number of hydrogen-bond donors (Lipinski definition) is 8. The van der Waals surface area contributed by atoms with Gasteiger partial charge in [0, 0.05) is 64.2 Å². The molecule has 1 aromatic carbocycles. The molecule has 0 saturated carbocycles. The number of carbonyl (C=O) groups excluding carboxylic acids is 3. The Bertz CT molecular complexity index is 1330. The number of nitrogens with zero attached hydrogens (tertiary/aromatic N) is 3. The number of anilines is 1. The molecule has 2 heterocycles. The largest absolute Gasteiger partial charge is 0.496 e. The highest BCUT2D eigenvalue weighted by Crippen LogP contribution is 2.29. The molecular weight excluding hydrogens is 720 g/mol. The number of methoxy groups -OCH3 is 1. The molecule has 7 atom stereocenters. The summed E-state index contributed by atoms with van der Waals surface area (Å²) in [6.45, 7) is 6.60. The van der Waals surface area contributed by atoms with Crippen LogP contribution < -0.4 is 21.1 Å². The first-order valence-electron chi connectivity index (χ1n) is 19.5. The predicted octanol–water partition coefficient (Wildman–Crippen LogP) is 0.967. The Hall–Kier alpha value is -2.76. The fourth-order valence-electron chi connectivity index (χ4n) is 7.32. The third-order valence-corrected chi connectivity index (χ3v) is 11.2. The Morgan fingerprint density at radius 2 is 1.59 bits per heavy atom. The SMILES string of the molecule is COc1cc(N)c(Cl)cc1C(=O)N[C@@H]1CCN(CCCCCC(=O)N(C)[C@@H]2CCCN(CCCCCC(=O)NC[C@H](O)[C@@H](O)[C@H](O)[C@H](O)CO)C2)C[C@@H]1C. The van der Waals surface area contributed by atoms with Crippen molar-refractivity contribution in [3.05, 3.63) is 22.7 Å². The maximum Gasteiger partial charge on any atom is 0.255 e. The van der Waals surface area contributed by atoms with Crippen molar-refractivity contribution < 1.29 is 44.7 Å². The van der Waals surface area contributed by atoms with Crippen LogP contribution in [0.1, 0.15) is 87.9 Å². The monoisotopic (exact) mass is 784 g/mol. The number of unbranched alkanes of at least 4 members (excludes halogenated alkanes) is 4. The summed E-state index contributed by atoms with van der Waals surface area (Å²) < 4.78 is 5.35. The number of carbonyl (C=O) groups is 3. The van der Waals surface area contributed by atoms with E-state index >= 15 is 0 Å². The molecule has 9 N–H and O–H groups in total. The molecule has 3 rings (SSSR count). The number of rotatable bonds is 22. The van der Waals surface area contributed by atoms with Crippen molar-refractivity contribution in [2.75, 3.05) is 72.3 Å². The number of amides is 3. The first-order valence-corrected chi connectivity index (χ1v) is 19.9. The number of likely N-dealkylation sites (N-methyl/N-ethyl adjacent to an activating group) is 1. The standard InChI is InChI=1S/C38H65ClN6O9/c1-25-22-45(18-14-30(25)42-38(53)27-19-28(39)29(40)20-33(27)54-3)16-9-5-7-13-35(50)43(2)26-11-10-17-44(23-26)15-8-4-6-12-34(49)41-21-31(47)36(51)37(52)32(48)24-46/h19-20,25-26,30-32,36-37,46-48,51-52H,4-18,21-24,40H2,1-3H3,(H,41,49)(H,42,53)/t25-,26+,30+,31-,32+,36+,37+/m0/s1. The van der Waals surface area contributed by atoms with Crippen LogP contribution in [0.2, 0.25) is 5.02 Å². The topological polar surface area (TPSA) is 221 Å². The van der Waals surface area contributed by atoms with Gasteiger partial charge >= 0.3 is 0 Å². The van der Waals surface area contributed by atoms with Crippen LogP contribution in [0.5, 0.6) is 5.75 Å². The second-order valence-electron chi connectivity index (χ2n) is 15.0. The number of aliphatic hydroxyl groups excluding tert-OH is 5. The number of nitrogens with two attached hydrogens (primary N) is 1. The summed E-state index contributed by atoms with van der Waals surface area (Å²) in [5, 5.41) is 53.8. The minimum atomic E-state index is -1.73. The van der Waals surface area contributed by atoms with Crippen LogP contribution in [0.4, 0.5) is 5.69 Å². The molecule has 0 spiro atoms. The molecular formula is C38H65ClN6O9. The Morgan fingerprint density at radius 1 is 0.944 bits per heavy atom. The Labute approximate surface area is 325 Å². The van der Waals surface area contributed by atoms with Gasteiger partial charge in [-0.25, -0.2) is 0 Å². The molecule has 2 aliphatic rings. The molecule has 308 valence electrons. The quantitative estimate of drug-likeness (QED) is 0.0609. The second-order valence-corrected chi connectivity index (χ2v) is 15.5. The summed E-state index contributed by atoms with van der Waals surface area (Å²) in [7, 11) is 3.42. The van der Waals surface area contributed by atoms with Crippen molar-refractivity contribution in [3.63, 3.8) is 0 Å². The third-order valence-electron chi connectivity index (χ3n) is 10.9. The molecule has 0 aromatic heterocycles. The highest BCUT2D eigenvalue weighted by molar-refractivity contribution is 6.33. The lowest BCUT2D eigenvalue weighted by atomic mass is 9.93. The van der Waals surface area contributed by atoms with Crippen LogP contribution in [0.3, 0.4) is 0 Å². The lowest BCUT2D eigenvalue weighted by Gasteiger charge is -2.38. The zero-order valence-electron chi connectivity index (χ0n) is 32.3. The summed E-state index contributed by atoms with van der Waals surface area (Å²) in [6.07, 6.45) is 2.47. The zero-order chi connectivity index (χ0) is 39.8. The summed E-state index contributed by atoms with van der Waals surface area (Å²) in [4.78, 5) is 45.0. The van der Waals surface area contributed by atoms with E-state index in [-0.39, 0.29) is 48.7 Å². The molecule has 2 saturated heterocycles. The fraction of sp³-hybridized carbons (Fsp3) is 0.763. The minimum Gasteiger partial charge on any atom is -0.496 e. The van der Waals surface area contributed by atoms with Gasteiger partial charge < -0.3 is 61.3 Å². The van der Waals surface area contributed by atoms with Gasteiger partial charge in [-0.2, -0.15) is 0 Å². The summed E-state index contributed by atoms with van der Waals surface area (Å²) in [5.74, 6) is 0.365. The van der Waals surface area contributed by atoms with Gasteiger partial charge in [0.05, 0.1) is 36.1 Å². The van der Waals surface area contributed by atoms with Gasteiger partial charge in [0.15, 0.2) is 0 Å². The van der Waals surface area contributed by atoms with Crippen LogP contribution in [0.15, 0.2) is 12.1 Å². The summed E-state index contributed by atoms with van der Waals surface area (Å²) in [6, 6.07) is 3.36. The van der Waals surface area contributed by atoms with Crippen molar-refractivity contribution in [3.8, 4) is 5.75 Å². The van der Waals surface area contributed by atoms with Gasteiger partial charge in [-0.05, 0) is 76.6 Å². The average molecular weight is 785 g/mol. The lowest BCUT2D eigenvalue weighted by Crippen LogP contribution is -2.50. The minimum absolute atomic E-state index is 0.0472. The van der Waals surface area contributed by atoms with Crippen LogP contribution in [0.25, 0.3) is 0 Å². The van der Waals surface area contributed by atoms with E-state index in [1.165, 1.54) is 7.11 Å². The maximum absolute atomic E-state index is 13.1. The van der Waals surface area contributed by atoms with E-state index in [4.69, 9.17) is 27.2 Å². The van der Waals surface area contributed by atoms with Crippen molar-refractivity contribution in [2.45, 2.75) is 114 Å². The van der Waals surface area contributed by atoms with Gasteiger partial charge in [0.2, 0.25) is 11.8 Å². The molecule has 0 bridgehead atoms. The number of ether oxygens (including phenoxy) is 1. The van der Waals surface area contributed by atoms with E-state index in [2.05, 4.69) is 27.4 Å². The van der Waals surface area contributed by atoms with Crippen molar-refractivity contribution in [2.24, 2.45) is 5.92 Å². The molecule has 16 heteroatoms. The molecule has 0 aliphatic carbocycles. The molecule has 0 unspecified atom stereocenters. The Kier molecular flexibility index (Phi) is 19.7. The van der Waals surface area contributed by atoms with Gasteiger partial charge in [-0.3, -0.25) is 14.4 Å². The van der Waals surface area contributed by atoms with Gasteiger partial charge in [0.25, 0.3) is 5.91 Å². The van der Waals surface area contributed by atoms with Gasteiger partial charge in [-0.1, -0.05) is 31.4 Å². The second kappa shape index (κ2) is 23.3. The summed E-state index contributed by atoms with van der Waals surface area (Å²) >= 11 is 6.16. The lowest BCUT2D eigenvalue weighted by molar-refractivity contribution is -0.133. The average Bonchev–Trinajstić information content (AvgIpc) is 3.17. The first kappa shape index (κ1) is 45.6. The molecule has 0 radical (unpaired) electrons. The molecule has 54 heavy (non-hydrogen) atoms. The third kappa shape index (κ3) is 14.4. The molecule has 15 nitrogen and oxygen atoms in total. The number of halogens is 1. The van der Waals surface area contributed by atoms with Crippen LogP contribution >= 0.6 is 11.6 Å². The van der Waals surface area contributed by atoms with E-state index < -0.39 is 31.0 Å². The van der Waals surface area contributed by atoms with E-state index in [1.54, 1.807) is 12.1 Å². The van der Waals surface area contributed by atoms with Crippen LogP contribution in [-0.2, 0) is 9.59 Å². The molecule has 3 amide bonds. The molecule has 1 aromatic rings. The normalized spacial score (nSPS) is 21.8. The first-order chi connectivity index (χ1) is 25.7. The number of likely N-dealkylation sites (tertiary alicyclic amines) is 2. The highest BCUT2D eigenvalue weighted by atomic mass is 35.5. The maximum atomic E-state index is 13.1. The van der Waals surface area contributed by atoms with E-state index in [0.29, 0.717) is 34.9 Å². The number of benzene rings is 1. The fourth-order valence-corrected chi connectivity index (χ4v) is 7.48. The molecule has 2 fully saturated rings. The molecule has 2 aliphatic heterocycles. The smallest absolute Gasteiger partial charge is 0.255 e. The van der Waals surface area contributed by atoms with Gasteiger partial charge in [-0.15, -0.1) is 0 Å². The Morgan fingerprint density at radius 3 is 2.24 bits per heavy atom. The van der Waals surface area contributed by atoms with Crippen molar-refractivity contribution >= 4 is 35.0 Å². The number of hydrogen-bond acceptors (Lipinski definition) is 12. The van der Waals surface area contributed by atoms with E-state index in [9.17, 15) is 34.8 Å². The zero-order valence-corrected chi connectivity index (χ0v) is 33.1. The van der Waals surface area contributed by atoms with E-state index in [0.717, 1.165) is 90.6 Å². The summed E-state index contributed by atoms with van der Waals surface area (Å²) in [5.41, 5.74) is 6.60. The Balaban J connectivity index is 1.25. The van der Waals surface area contributed by atoms with Crippen molar-refractivity contribution in [1.29, 1.82) is 0 Å². The predicted molar refractivity (Wildman–Crippen MR) is 207 cm³/mol. The van der Waals surface area contributed by atoms with Crippen molar-refractivity contribution in [1.82, 2.24) is 25.3 Å². The van der Waals surface area contributed by atoms with Crippen LogP contribution in [-0.4, -0.2) is 161 Å². The van der Waals surface area contributed by atoms with E-state index in [1.807, 2.05) is 11.9 Å². The number of piperidine rings is 2. The highest BCUT2D eigenvalue weighted by Gasteiger charge is 2.31. The number of nitrogen functional groups attached to an aromatic ring is 1. The van der Waals surface area contributed by atoms with Gasteiger partial charge in [0.1, 0.15) is 24.1 Å². The number of nitrogens with one attached hydrogen (secondary N) is 2.